The predicted molar refractivity (Wildman–Crippen MR) is 242 cm³/mol. The maximum Gasteiger partial charge on any atom is 0.241 e. The Morgan fingerprint density at radius 1 is 0.839 bits per heavy atom. The topological polar surface area (TPSA) is 85.1 Å². The fourth-order valence-electron chi connectivity index (χ4n) is 6.48. The molecule has 2 saturated heterocycles. The molecule has 2 N–H and O–H groups in total. The summed E-state index contributed by atoms with van der Waals surface area (Å²) >= 11 is 10.5. The van der Waals surface area contributed by atoms with Gasteiger partial charge in [-0.05, 0) is 127 Å². The minimum atomic E-state index is -1.79. The summed E-state index contributed by atoms with van der Waals surface area (Å²) in [5, 5.41) is 0.183. The van der Waals surface area contributed by atoms with Crippen LogP contribution in [0.4, 0.5) is 21.5 Å². The summed E-state index contributed by atoms with van der Waals surface area (Å²) in [5.41, 5.74) is 9.73. The second kappa shape index (κ2) is 20.1. The number of nitrogens with zero attached hydrogens (tertiary/aromatic N) is 2. The lowest BCUT2D eigenvalue weighted by molar-refractivity contribution is -0.121. The summed E-state index contributed by atoms with van der Waals surface area (Å²) in [6, 6.07) is 28.3. The van der Waals surface area contributed by atoms with Gasteiger partial charge in [0.15, 0.2) is 8.32 Å². The second-order valence-electron chi connectivity index (χ2n) is 16.0. The van der Waals surface area contributed by atoms with E-state index in [1.165, 1.54) is 12.1 Å². The number of carbonyl (C=O) groups excluding carboxylic acids is 2. The first-order chi connectivity index (χ1) is 26.3. The van der Waals surface area contributed by atoms with Crippen molar-refractivity contribution in [1.82, 2.24) is 0 Å². The lowest BCUT2D eigenvalue weighted by Crippen LogP contribution is -2.42. The van der Waals surface area contributed by atoms with E-state index in [4.69, 9.17) is 14.9 Å². The van der Waals surface area contributed by atoms with E-state index >= 15 is 0 Å². The highest BCUT2D eigenvalue weighted by atomic mass is 79.9. The Morgan fingerprint density at radius 2 is 1.39 bits per heavy atom. The number of anilines is 3. The molecule has 7 nitrogen and oxygen atoms in total. The van der Waals surface area contributed by atoms with Gasteiger partial charge in [0.2, 0.25) is 11.8 Å². The van der Waals surface area contributed by atoms with E-state index < -0.39 is 8.32 Å². The third-order valence-electron chi connectivity index (χ3n) is 10.8. The molecule has 0 aliphatic carbocycles. The molecule has 4 atom stereocenters. The summed E-state index contributed by atoms with van der Waals surface area (Å²) in [4.78, 5) is 29.2. The van der Waals surface area contributed by atoms with Crippen LogP contribution in [0.15, 0.2) is 99.9 Å². The Labute approximate surface area is 359 Å². The van der Waals surface area contributed by atoms with Crippen LogP contribution in [0.2, 0.25) is 18.1 Å². The molecule has 2 heterocycles. The molecule has 4 aromatic rings. The first-order valence-corrected chi connectivity index (χ1v) is 24.3. The molecule has 2 fully saturated rings. The minimum absolute atomic E-state index is 0.0331. The quantitative estimate of drug-likeness (QED) is 0.103. The van der Waals surface area contributed by atoms with Crippen molar-refractivity contribution in [3.05, 3.63) is 117 Å². The standard InChI is InChI=1S/C20H22BrNO2.C17H25Br2NO2Si.C7H8FN/c1-3-15-13-22(17-9-7-16(21)8-10-17)20(23)19(15)12-14-5-4-6-18(11-14)24-2;1-17(2,3)23(4,5)22-11-12-10-20(16(21)15(12)19)14-8-6-13(18)7-9-14;1-5-2-6(8)4-7(9)3-5/h4-11,15,19H,3,12-13H2,1-2H3;6-9,12,15H,10-11H2,1-5H3;2-4H,9H2,1H3. The van der Waals surface area contributed by atoms with Crippen LogP contribution in [0.1, 0.15) is 45.2 Å². The molecule has 0 bridgehead atoms. The van der Waals surface area contributed by atoms with Gasteiger partial charge in [0.25, 0.3) is 0 Å². The molecule has 56 heavy (non-hydrogen) atoms. The van der Waals surface area contributed by atoms with Gasteiger partial charge in [-0.2, -0.15) is 0 Å². The Hall–Kier alpha value is -3.03. The molecule has 0 aromatic heterocycles. The van der Waals surface area contributed by atoms with E-state index in [9.17, 15) is 14.0 Å². The summed E-state index contributed by atoms with van der Waals surface area (Å²) in [7, 11) is -0.119. The van der Waals surface area contributed by atoms with Crippen LogP contribution in [0, 0.1) is 30.5 Å². The lowest BCUT2D eigenvalue weighted by atomic mass is 9.87. The number of methoxy groups -OCH3 is 1. The van der Waals surface area contributed by atoms with Gasteiger partial charge in [-0.15, -0.1) is 0 Å². The Morgan fingerprint density at radius 3 is 1.89 bits per heavy atom. The van der Waals surface area contributed by atoms with Crippen molar-refractivity contribution in [3.63, 3.8) is 0 Å². The number of nitrogen functional groups attached to an aromatic ring is 1. The van der Waals surface area contributed by atoms with Crippen molar-refractivity contribution in [2.45, 2.75) is 70.4 Å². The van der Waals surface area contributed by atoms with Gasteiger partial charge < -0.3 is 24.7 Å². The van der Waals surface area contributed by atoms with Crippen molar-refractivity contribution < 1.29 is 23.1 Å². The molecule has 0 spiro atoms. The maximum absolute atomic E-state index is 13.0. The summed E-state index contributed by atoms with van der Waals surface area (Å²) < 4.78 is 26.0. The van der Waals surface area contributed by atoms with Gasteiger partial charge in [0.1, 0.15) is 16.4 Å². The largest absolute Gasteiger partial charge is 0.497 e. The smallest absolute Gasteiger partial charge is 0.241 e. The van der Waals surface area contributed by atoms with Gasteiger partial charge in [0, 0.05) is 57.5 Å². The monoisotopic (exact) mass is 973 g/mol. The number of carbonyl (C=O) groups is 2. The number of ether oxygens (including phenoxy) is 1. The summed E-state index contributed by atoms with van der Waals surface area (Å²) in [5.74, 6) is 1.52. The SMILES string of the molecule is CC(C)(C)[Si](C)(C)OCC1CN(c2ccc(Br)cc2)C(=O)C1Br.CCC1CN(c2ccc(Br)cc2)C(=O)C1Cc1cccc(OC)c1.Cc1cc(N)cc(F)c1. The molecule has 2 aliphatic rings. The Kier molecular flexibility index (Phi) is 16.4. The van der Waals surface area contributed by atoms with Gasteiger partial charge in [-0.25, -0.2) is 4.39 Å². The third-order valence-corrected chi connectivity index (χ3v) is 17.5. The number of hydrogen-bond acceptors (Lipinski definition) is 5. The summed E-state index contributed by atoms with van der Waals surface area (Å²) in [6.45, 7) is 17.3. The molecular weight excluding hydrogens is 921 g/mol. The van der Waals surface area contributed by atoms with Gasteiger partial charge in [-0.3, -0.25) is 9.59 Å². The molecule has 12 heteroatoms. The van der Waals surface area contributed by atoms with Crippen molar-refractivity contribution >= 4 is 85.0 Å². The van der Waals surface area contributed by atoms with E-state index in [1.54, 1.807) is 20.1 Å². The lowest BCUT2D eigenvalue weighted by Gasteiger charge is -2.37. The number of alkyl halides is 1. The van der Waals surface area contributed by atoms with Crippen LogP contribution in [0.25, 0.3) is 0 Å². The van der Waals surface area contributed by atoms with Gasteiger partial charge in [-0.1, -0.05) is 94.0 Å². The molecular formula is C44H55Br3FN3O4Si. The van der Waals surface area contributed by atoms with Gasteiger partial charge in [0.05, 0.1) is 7.11 Å². The number of halogens is 4. The molecule has 4 aromatic carbocycles. The number of nitrogens with two attached hydrogens (primary N) is 1. The van der Waals surface area contributed by atoms with E-state index in [-0.39, 0.29) is 39.3 Å². The molecule has 2 aliphatic heterocycles. The van der Waals surface area contributed by atoms with Crippen molar-refractivity contribution in [3.8, 4) is 5.75 Å². The van der Waals surface area contributed by atoms with Crippen LogP contribution in [0.5, 0.6) is 5.75 Å². The first-order valence-electron chi connectivity index (χ1n) is 18.9. The van der Waals surface area contributed by atoms with E-state index in [0.29, 0.717) is 24.8 Å². The van der Waals surface area contributed by atoms with Crippen LogP contribution < -0.4 is 20.3 Å². The first kappa shape index (κ1) is 45.7. The Balaban J connectivity index is 0.000000204. The van der Waals surface area contributed by atoms with E-state index in [0.717, 1.165) is 56.6 Å². The predicted octanol–water partition coefficient (Wildman–Crippen LogP) is 11.6. The van der Waals surface area contributed by atoms with Crippen LogP contribution >= 0.6 is 47.8 Å². The Bertz CT molecular complexity index is 1870. The molecule has 6 rings (SSSR count). The van der Waals surface area contributed by atoms with Crippen LogP contribution in [0.3, 0.4) is 0 Å². The maximum atomic E-state index is 13.0. The zero-order chi connectivity index (χ0) is 41.4. The van der Waals surface area contributed by atoms with Gasteiger partial charge >= 0.3 is 0 Å². The number of rotatable bonds is 9. The number of aryl methyl sites for hydroxylation is 1. The van der Waals surface area contributed by atoms with E-state index in [1.807, 2.05) is 76.5 Å². The summed E-state index contributed by atoms with van der Waals surface area (Å²) in [6.07, 6.45) is 1.77. The van der Waals surface area contributed by atoms with Crippen molar-refractivity contribution in [1.29, 1.82) is 0 Å². The van der Waals surface area contributed by atoms with Crippen molar-refractivity contribution in [2.75, 3.05) is 42.3 Å². The highest BCUT2D eigenvalue weighted by Crippen LogP contribution is 2.39. The highest BCUT2D eigenvalue weighted by Gasteiger charge is 2.43. The van der Waals surface area contributed by atoms with Crippen molar-refractivity contribution in [2.24, 2.45) is 17.8 Å². The molecule has 0 radical (unpaired) electrons. The fourth-order valence-corrected chi connectivity index (χ4v) is 8.64. The molecule has 0 saturated carbocycles. The van der Waals surface area contributed by atoms with Crippen LogP contribution in [-0.2, 0) is 20.4 Å². The second-order valence-corrected chi connectivity index (χ2v) is 23.6. The highest BCUT2D eigenvalue weighted by molar-refractivity contribution is 9.11. The fraction of sp³-hybridized carbons (Fsp3) is 0.409. The number of benzene rings is 4. The molecule has 4 unspecified atom stereocenters. The molecule has 302 valence electrons. The zero-order valence-electron chi connectivity index (χ0n) is 33.6. The normalized spacial score (nSPS) is 19.6. The van der Waals surface area contributed by atoms with E-state index in [2.05, 4.69) is 94.6 Å². The minimum Gasteiger partial charge on any atom is -0.497 e. The zero-order valence-corrected chi connectivity index (χ0v) is 39.4. The average Bonchev–Trinajstić information content (AvgIpc) is 3.61. The number of hydrogen-bond donors (Lipinski definition) is 1. The average molecular weight is 977 g/mol. The molecule has 2 amide bonds. The van der Waals surface area contributed by atoms with Crippen LogP contribution in [-0.4, -0.2) is 51.8 Å². The third kappa shape index (κ3) is 12.2. The number of amides is 2.